The molecule has 0 saturated heterocycles. The summed E-state index contributed by atoms with van der Waals surface area (Å²) in [7, 11) is 0. The lowest BCUT2D eigenvalue weighted by molar-refractivity contribution is 0.669. The van der Waals surface area contributed by atoms with Crippen molar-refractivity contribution < 1.29 is 8.83 Å². The minimum Gasteiger partial charge on any atom is -0.456 e. The van der Waals surface area contributed by atoms with Crippen LogP contribution in [0.15, 0.2) is 373 Å². The zero-order valence-corrected chi connectivity index (χ0v) is 57.2. The van der Waals surface area contributed by atoms with Crippen molar-refractivity contribution >= 4 is 174 Å². The fourth-order valence-corrected chi connectivity index (χ4v) is 17.6. The number of aromatic nitrogens is 4. The van der Waals surface area contributed by atoms with Crippen molar-refractivity contribution in [1.82, 2.24) is 18.3 Å². The van der Waals surface area contributed by atoms with Crippen LogP contribution in [0.5, 0.6) is 0 Å². The van der Waals surface area contributed by atoms with E-state index in [1.807, 2.05) is 12.1 Å². The normalized spacial score (nSPS) is 12.2. The van der Waals surface area contributed by atoms with Gasteiger partial charge in [0.15, 0.2) is 5.58 Å². The first kappa shape index (κ1) is 58.4. The maximum absolute atomic E-state index is 6.69. The summed E-state index contributed by atoms with van der Waals surface area (Å²) < 4.78 is 22.8. The summed E-state index contributed by atoms with van der Waals surface area (Å²) in [6.07, 6.45) is 0. The first-order chi connectivity index (χ1) is 52.5. The number of hydrogen-bond donors (Lipinski definition) is 0. The Bertz CT molecular complexity index is 7850. The Balaban J connectivity index is 0.000000129. The maximum atomic E-state index is 6.69. The van der Waals surface area contributed by atoms with Crippen molar-refractivity contribution in [1.29, 1.82) is 0 Å². The summed E-state index contributed by atoms with van der Waals surface area (Å²) in [5, 5.41) is 24.2. The number of furan rings is 2. The smallest absolute Gasteiger partial charge is 0.160 e. The summed E-state index contributed by atoms with van der Waals surface area (Å²) in [4.78, 5) is 0. The molecule has 18 aromatic carbocycles. The molecule has 6 heteroatoms. The van der Waals surface area contributed by atoms with Gasteiger partial charge in [0.2, 0.25) is 0 Å². The van der Waals surface area contributed by atoms with E-state index in [0.717, 1.165) is 66.3 Å². The van der Waals surface area contributed by atoms with Gasteiger partial charge in [-0.15, -0.1) is 0 Å². The molecule has 0 unspecified atom stereocenters. The van der Waals surface area contributed by atoms with Crippen LogP contribution < -0.4 is 0 Å². The van der Waals surface area contributed by atoms with Gasteiger partial charge >= 0.3 is 0 Å². The molecule has 0 N–H and O–H groups in total. The van der Waals surface area contributed by atoms with Crippen molar-refractivity contribution in [2.24, 2.45) is 0 Å². The molecule has 0 radical (unpaired) electrons. The average molecular weight is 1350 g/mol. The molecule has 0 aliphatic heterocycles. The molecule has 0 spiro atoms. The summed E-state index contributed by atoms with van der Waals surface area (Å²) in [6.45, 7) is 0. The number of para-hydroxylation sites is 4. The van der Waals surface area contributed by atoms with E-state index < -0.39 is 0 Å². The Labute approximate surface area is 606 Å². The predicted octanol–water partition coefficient (Wildman–Crippen LogP) is 27.5. The van der Waals surface area contributed by atoms with Gasteiger partial charge in [-0.05, 0) is 205 Å². The zero-order chi connectivity index (χ0) is 69.2. The topological polar surface area (TPSA) is 46.0 Å². The van der Waals surface area contributed by atoms with Crippen molar-refractivity contribution in [2.45, 2.75) is 0 Å². The highest BCUT2D eigenvalue weighted by molar-refractivity contribution is 6.26. The first-order valence-corrected chi connectivity index (χ1v) is 36.3. The third kappa shape index (κ3) is 8.79. The van der Waals surface area contributed by atoms with E-state index in [2.05, 4.69) is 370 Å². The molecule has 0 amide bonds. The van der Waals surface area contributed by atoms with Gasteiger partial charge < -0.3 is 27.1 Å². The van der Waals surface area contributed by atoms with Gasteiger partial charge in [-0.25, -0.2) is 0 Å². The molecule has 0 bridgehead atoms. The predicted molar refractivity (Wildman–Crippen MR) is 446 cm³/mol. The molecule has 0 aliphatic carbocycles. The molecular formula is C100H60N4O2. The van der Waals surface area contributed by atoms with Crippen LogP contribution >= 0.6 is 0 Å². The first-order valence-electron chi connectivity index (χ1n) is 36.3. The highest BCUT2D eigenvalue weighted by atomic mass is 16.3. The maximum Gasteiger partial charge on any atom is 0.160 e. The van der Waals surface area contributed by atoms with Gasteiger partial charge in [-0.1, -0.05) is 224 Å². The molecule has 492 valence electrons. The minimum absolute atomic E-state index is 0.900. The summed E-state index contributed by atoms with van der Waals surface area (Å²) in [5.41, 5.74) is 22.4. The summed E-state index contributed by atoms with van der Waals surface area (Å²) in [5.74, 6) is 0. The standard InChI is InChI=1S/2C50H30N2O/c1-3-11-33-27-37(21-17-31(33)9-1)51-45-15-7-5-13-39(45)43-29-35(19-25-46(43)51)36-20-26-47-44(30-36)41-23-24-42-40-14-6-8-16-48(40)53-50(42)49(41)52(47)38-22-18-32-10-2-4-12-34(32)28-38;1-3-11-33-27-37(21-17-31(33)9-1)51-44-15-7-5-13-39(44)42-29-35(19-24-45(42)51)36-20-25-46-43(30-36)40-23-26-48-49(41-14-6-8-16-47(41)53-48)50(40)52(46)38-22-18-32-10-2-4-12-34(32)28-38/h2*1-30H. The van der Waals surface area contributed by atoms with E-state index in [4.69, 9.17) is 8.83 Å². The van der Waals surface area contributed by atoms with Crippen LogP contribution in [0, 0.1) is 0 Å². The molecule has 24 aromatic rings. The van der Waals surface area contributed by atoms with Gasteiger partial charge in [0.1, 0.15) is 16.7 Å². The third-order valence-corrected chi connectivity index (χ3v) is 22.5. The summed E-state index contributed by atoms with van der Waals surface area (Å²) in [6, 6.07) is 132. The Morgan fingerprint density at radius 2 is 0.491 bits per heavy atom. The van der Waals surface area contributed by atoms with E-state index in [1.165, 1.54) is 153 Å². The lowest BCUT2D eigenvalue weighted by Gasteiger charge is -2.11. The number of rotatable bonds is 6. The van der Waals surface area contributed by atoms with E-state index in [9.17, 15) is 0 Å². The van der Waals surface area contributed by atoms with Gasteiger partial charge in [-0.2, -0.15) is 0 Å². The fraction of sp³-hybridized carbons (Fsp3) is 0. The lowest BCUT2D eigenvalue weighted by Crippen LogP contribution is -1.94. The molecule has 0 atom stereocenters. The molecule has 6 aromatic heterocycles. The molecule has 0 aliphatic rings. The van der Waals surface area contributed by atoms with E-state index in [0.29, 0.717) is 0 Å². The molecule has 0 saturated carbocycles. The van der Waals surface area contributed by atoms with Gasteiger partial charge in [0.05, 0.1) is 49.5 Å². The molecule has 6 nitrogen and oxygen atoms in total. The Kier molecular flexibility index (Phi) is 12.5. The van der Waals surface area contributed by atoms with Crippen molar-refractivity contribution in [3.63, 3.8) is 0 Å². The second-order valence-electron chi connectivity index (χ2n) is 28.3. The van der Waals surface area contributed by atoms with Gasteiger partial charge in [0.25, 0.3) is 0 Å². The van der Waals surface area contributed by atoms with Gasteiger partial charge in [-0.3, -0.25) is 0 Å². The highest BCUT2D eigenvalue weighted by Crippen LogP contribution is 2.46. The largest absolute Gasteiger partial charge is 0.456 e. The van der Waals surface area contributed by atoms with Crippen molar-refractivity contribution in [3.8, 4) is 45.0 Å². The SMILES string of the molecule is c1ccc2cc(-n3c4ccccc4c4cc(-c5ccc6c(c5)c5ccc7c8ccccc8oc7c5n6-c5ccc6ccccc6c5)ccc43)ccc2c1.c1ccc2cc(-n3c4ccccc4c4cc(-c5ccc6c(c5)c5ccc7oc8ccccc8c7c5n6-c5ccc6ccccc6c5)ccc43)ccc2c1. The van der Waals surface area contributed by atoms with E-state index >= 15 is 0 Å². The second kappa shape index (κ2) is 22.6. The van der Waals surface area contributed by atoms with Crippen LogP contribution in [-0.2, 0) is 0 Å². The number of fused-ring (bicyclic) bond motifs is 24. The van der Waals surface area contributed by atoms with Gasteiger partial charge in [0, 0.05) is 82.0 Å². The number of nitrogens with zero attached hydrogens (tertiary/aromatic N) is 4. The molecule has 24 rings (SSSR count). The third-order valence-electron chi connectivity index (χ3n) is 22.5. The molecule has 6 heterocycles. The van der Waals surface area contributed by atoms with Crippen LogP contribution in [0.2, 0.25) is 0 Å². The van der Waals surface area contributed by atoms with Crippen LogP contribution in [-0.4, -0.2) is 18.3 Å². The summed E-state index contributed by atoms with van der Waals surface area (Å²) >= 11 is 0. The van der Waals surface area contributed by atoms with Crippen LogP contribution in [0.3, 0.4) is 0 Å². The Hall–Kier alpha value is -14.2. The molecule has 106 heavy (non-hydrogen) atoms. The quantitative estimate of drug-likeness (QED) is 0.167. The monoisotopic (exact) mass is 1350 g/mol. The van der Waals surface area contributed by atoms with Crippen LogP contribution in [0.25, 0.3) is 219 Å². The number of benzene rings is 18. The zero-order valence-electron chi connectivity index (χ0n) is 57.2. The van der Waals surface area contributed by atoms with Crippen LogP contribution in [0.4, 0.5) is 0 Å². The van der Waals surface area contributed by atoms with Crippen LogP contribution in [0.1, 0.15) is 0 Å². The highest BCUT2D eigenvalue weighted by Gasteiger charge is 2.24. The fourth-order valence-electron chi connectivity index (χ4n) is 17.6. The Morgan fingerprint density at radius 3 is 0.953 bits per heavy atom. The molecule has 0 fully saturated rings. The average Bonchev–Trinajstić information content (AvgIpc) is 1.56. The van der Waals surface area contributed by atoms with Crippen molar-refractivity contribution in [3.05, 3.63) is 364 Å². The minimum atomic E-state index is 0.900. The second-order valence-corrected chi connectivity index (χ2v) is 28.3. The lowest BCUT2D eigenvalue weighted by atomic mass is 10.00. The van der Waals surface area contributed by atoms with Crippen molar-refractivity contribution in [2.75, 3.05) is 0 Å². The molecular weight excluding hydrogens is 1290 g/mol. The van der Waals surface area contributed by atoms with E-state index in [-0.39, 0.29) is 0 Å². The van der Waals surface area contributed by atoms with E-state index in [1.54, 1.807) is 0 Å². The number of hydrogen-bond acceptors (Lipinski definition) is 2. The Morgan fingerprint density at radius 1 is 0.170 bits per heavy atom.